The van der Waals surface area contributed by atoms with Crippen LogP contribution in [0.15, 0.2) is 29.6 Å². The molecule has 0 amide bonds. The number of hydrogen-bond donors (Lipinski definition) is 1. The molecule has 2 atom stereocenters. The van der Waals surface area contributed by atoms with Crippen molar-refractivity contribution >= 4 is 28.6 Å². The van der Waals surface area contributed by atoms with Crippen LogP contribution in [0.4, 0.5) is 14.6 Å². The molecule has 26 heavy (non-hydrogen) atoms. The summed E-state index contributed by atoms with van der Waals surface area (Å²) in [5, 5.41) is 9.30. The summed E-state index contributed by atoms with van der Waals surface area (Å²) in [4.78, 5) is 9.23. The van der Waals surface area contributed by atoms with E-state index >= 15 is 0 Å². The Labute approximate surface area is 154 Å². The van der Waals surface area contributed by atoms with Gasteiger partial charge in [0.25, 0.3) is 0 Å². The molecular weight excluding hydrogens is 356 g/mol. The molecule has 0 aliphatic heterocycles. The number of nitrogens with one attached hydrogen (secondary N) is 1. The molecule has 4 rings (SSSR count). The zero-order chi connectivity index (χ0) is 18.3. The standard InChI is InChI=1S/C18H19F2N5S/c1-3-6-26-18-23-16(12-9-21-25(2)17(12)24-18)22-15-8-11(15)10-4-5-13(19)14(20)7-10/h4-5,7,9,11,15H,3,6,8H2,1-2H3,(H,22,23,24)/t11?,15-/m1/s1. The van der Waals surface area contributed by atoms with Crippen molar-refractivity contribution in [1.29, 1.82) is 0 Å². The minimum atomic E-state index is -0.815. The van der Waals surface area contributed by atoms with Gasteiger partial charge in [0.15, 0.2) is 22.4 Å². The van der Waals surface area contributed by atoms with Crippen LogP contribution in [0.5, 0.6) is 0 Å². The van der Waals surface area contributed by atoms with Crippen LogP contribution >= 0.6 is 11.8 Å². The fourth-order valence-electron chi connectivity index (χ4n) is 3.01. The molecule has 8 heteroatoms. The van der Waals surface area contributed by atoms with Crippen molar-refractivity contribution < 1.29 is 8.78 Å². The van der Waals surface area contributed by atoms with E-state index in [-0.39, 0.29) is 12.0 Å². The van der Waals surface area contributed by atoms with Gasteiger partial charge in [-0.2, -0.15) is 5.10 Å². The van der Waals surface area contributed by atoms with Crippen LogP contribution in [-0.2, 0) is 7.05 Å². The Bertz CT molecular complexity index is 958. The van der Waals surface area contributed by atoms with E-state index in [1.54, 1.807) is 28.7 Å². The fraction of sp³-hybridized carbons (Fsp3) is 0.389. The lowest BCUT2D eigenvalue weighted by molar-refractivity contribution is 0.507. The number of aromatic nitrogens is 4. The zero-order valence-corrected chi connectivity index (χ0v) is 15.4. The van der Waals surface area contributed by atoms with Gasteiger partial charge in [0.1, 0.15) is 5.82 Å². The van der Waals surface area contributed by atoms with Gasteiger partial charge in [0, 0.05) is 24.8 Å². The highest BCUT2D eigenvalue weighted by Gasteiger charge is 2.39. The summed E-state index contributed by atoms with van der Waals surface area (Å²) in [5.74, 6) is 0.228. The molecule has 0 radical (unpaired) electrons. The van der Waals surface area contributed by atoms with E-state index in [4.69, 9.17) is 0 Å². The first kappa shape index (κ1) is 17.2. The largest absolute Gasteiger partial charge is 0.366 e. The number of benzene rings is 1. The number of halogens is 2. The van der Waals surface area contributed by atoms with E-state index in [2.05, 4.69) is 27.3 Å². The fourth-order valence-corrected chi connectivity index (χ4v) is 3.71. The molecular formula is C18H19F2N5S. The van der Waals surface area contributed by atoms with Crippen LogP contribution in [-0.4, -0.2) is 31.5 Å². The highest BCUT2D eigenvalue weighted by Crippen LogP contribution is 2.43. The third-order valence-electron chi connectivity index (χ3n) is 4.49. The Kier molecular flexibility index (Phi) is 4.52. The molecule has 2 heterocycles. The molecule has 1 fully saturated rings. The van der Waals surface area contributed by atoms with Crippen LogP contribution in [0.2, 0.25) is 0 Å². The van der Waals surface area contributed by atoms with Gasteiger partial charge in [-0.3, -0.25) is 4.68 Å². The van der Waals surface area contributed by atoms with Gasteiger partial charge in [0.05, 0.1) is 11.6 Å². The van der Waals surface area contributed by atoms with Gasteiger partial charge in [-0.25, -0.2) is 18.7 Å². The number of thioether (sulfide) groups is 1. The maximum absolute atomic E-state index is 13.5. The summed E-state index contributed by atoms with van der Waals surface area (Å²) < 4.78 is 28.3. The normalized spacial score (nSPS) is 19.1. The Morgan fingerprint density at radius 3 is 2.88 bits per heavy atom. The lowest BCUT2D eigenvalue weighted by atomic mass is 10.1. The molecule has 0 spiro atoms. The van der Waals surface area contributed by atoms with Crippen molar-refractivity contribution in [2.24, 2.45) is 7.05 Å². The Morgan fingerprint density at radius 1 is 1.27 bits per heavy atom. The van der Waals surface area contributed by atoms with Crippen molar-refractivity contribution in [1.82, 2.24) is 19.7 Å². The lowest BCUT2D eigenvalue weighted by Gasteiger charge is -2.09. The van der Waals surface area contributed by atoms with Gasteiger partial charge < -0.3 is 5.32 Å². The number of fused-ring (bicyclic) bond motifs is 1. The third-order valence-corrected chi connectivity index (χ3v) is 5.54. The molecule has 1 aromatic carbocycles. The minimum Gasteiger partial charge on any atom is -0.366 e. The van der Waals surface area contributed by atoms with Crippen molar-refractivity contribution in [2.75, 3.05) is 11.1 Å². The number of nitrogens with zero attached hydrogens (tertiary/aromatic N) is 4. The number of hydrogen-bond acceptors (Lipinski definition) is 5. The molecule has 0 saturated heterocycles. The summed E-state index contributed by atoms with van der Waals surface area (Å²) in [6.07, 6.45) is 3.65. The third kappa shape index (κ3) is 3.25. The number of anilines is 1. The number of aryl methyl sites for hydroxylation is 1. The Balaban J connectivity index is 1.58. The summed E-state index contributed by atoms with van der Waals surface area (Å²) >= 11 is 1.62. The van der Waals surface area contributed by atoms with E-state index < -0.39 is 11.6 Å². The summed E-state index contributed by atoms with van der Waals surface area (Å²) in [6, 6.07) is 4.25. The van der Waals surface area contributed by atoms with E-state index in [9.17, 15) is 8.78 Å². The highest BCUT2D eigenvalue weighted by atomic mass is 32.2. The first-order valence-electron chi connectivity index (χ1n) is 8.61. The quantitative estimate of drug-likeness (QED) is 0.519. The first-order chi connectivity index (χ1) is 12.6. The molecule has 1 N–H and O–H groups in total. The molecule has 2 aromatic heterocycles. The van der Waals surface area contributed by atoms with E-state index in [0.29, 0.717) is 0 Å². The van der Waals surface area contributed by atoms with Crippen molar-refractivity contribution in [2.45, 2.75) is 36.9 Å². The first-order valence-corrected chi connectivity index (χ1v) is 9.59. The molecule has 1 aliphatic rings. The second kappa shape index (κ2) is 6.83. The predicted molar refractivity (Wildman–Crippen MR) is 98.4 cm³/mol. The van der Waals surface area contributed by atoms with Crippen LogP contribution in [0.1, 0.15) is 31.2 Å². The molecule has 1 saturated carbocycles. The SMILES string of the molecule is CCCSc1nc(N[C@@H]2CC2c2ccc(F)c(F)c2)c2cnn(C)c2n1. The second-order valence-corrected chi connectivity index (χ2v) is 7.54. The molecule has 5 nitrogen and oxygen atoms in total. The van der Waals surface area contributed by atoms with E-state index in [0.717, 1.165) is 46.2 Å². The lowest BCUT2D eigenvalue weighted by Crippen LogP contribution is -2.08. The van der Waals surface area contributed by atoms with Crippen LogP contribution < -0.4 is 5.32 Å². The predicted octanol–water partition coefficient (Wildman–Crippen LogP) is 4.11. The van der Waals surface area contributed by atoms with Crippen molar-refractivity contribution in [3.05, 3.63) is 41.6 Å². The van der Waals surface area contributed by atoms with Crippen molar-refractivity contribution in [3.8, 4) is 0 Å². The summed E-state index contributed by atoms with van der Waals surface area (Å²) in [5.41, 5.74) is 1.59. The average molecular weight is 375 g/mol. The van der Waals surface area contributed by atoms with Gasteiger partial charge in [-0.15, -0.1) is 0 Å². The summed E-state index contributed by atoms with van der Waals surface area (Å²) in [7, 11) is 1.86. The van der Waals surface area contributed by atoms with Crippen LogP contribution in [0.25, 0.3) is 11.0 Å². The van der Waals surface area contributed by atoms with E-state index in [1.165, 1.54) is 12.1 Å². The average Bonchev–Trinajstić information content (AvgIpc) is 3.29. The Morgan fingerprint density at radius 2 is 2.12 bits per heavy atom. The van der Waals surface area contributed by atoms with Crippen LogP contribution in [0, 0.1) is 11.6 Å². The zero-order valence-electron chi connectivity index (χ0n) is 14.5. The van der Waals surface area contributed by atoms with Crippen molar-refractivity contribution in [3.63, 3.8) is 0 Å². The van der Waals surface area contributed by atoms with E-state index in [1.807, 2.05) is 7.05 Å². The molecule has 136 valence electrons. The van der Waals surface area contributed by atoms with Gasteiger partial charge in [-0.1, -0.05) is 24.8 Å². The van der Waals surface area contributed by atoms with Crippen LogP contribution in [0.3, 0.4) is 0 Å². The Hall–Kier alpha value is -2.22. The molecule has 3 aromatic rings. The summed E-state index contributed by atoms with van der Waals surface area (Å²) in [6.45, 7) is 2.12. The smallest absolute Gasteiger partial charge is 0.191 e. The van der Waals surface area contributed by atoms with Gasteiger partial charge in [-0.05, 0) is 30.5 Å². The molecule has 1 aliphatic carbocycles. The maximum Gasteiger partial charge on any atom is 0.191 e. The number of rotatable bonds is 6. The monoisotopic (exact) mass is 375 g/mol. The maximum atomic E-state index is 13.5. The highest BCUT2D eigenvalue weighted by molar-refractivity contribution is 7.99. The molecule has 0 bridgehead atoms. The molecule has 1 unspecified atom stereocenters. The second-order valence-electron chi connectivity index (χ2n) is 6.48. The van der Waals surface area contributed by atoms with Gasteiger partial charge in [0.2, 0.25) is 0 Å². The van der Waals surface area contributed by atoms with Gasteiger partial charge >= 0.3 is 0 Å². The topological polar surface area (TPSA) is 55.6 Å². The minimum absolute atomic E-state index is 0.141.